The molecule has 6 rings (SSSR count). The Labute approximate surface area is 254 Å². The number of hydrogen-bond donors (Lipinski definition) is 1. The van der Waals surface area contributed by atoms with Crippen LogP contribution in [0.5, 0.6) is 11.5 Å². The van der Waals surface area contributed by atoms with Gasteiger partial charge in [0, 0.05) is 35.2 Å². The first-order chi connectivity index (χ1) is 20.7. The number of allylic oxidation sites excluding steroid dienone is 6. The molecule has 0 bridgehead atoms. The van der Waals surface area contributed by atoms with E-state index in [1.54, 1.807) is 18.2 Å². The molecule has 0 spiro atoms. The lowest BCUT2D eigenvalue weighted by molar-refractivity contribution is -0.141. The molecule has 1 aromatic carbocycles. The fraction of sp³-hybridized carbons (Fsp3) is 0.323. The molecule has 0 radical (unpaired) electrons. The summed E-state index contributed by atoms with van der Waals surface area (Å²) in [5, 5.41) is 12.4. The molecule has 0 unspecified atom stereocenters. The van der Waals surface area contributed by atoms with Crippen molar-refractivity contribution in [3.8, 4) is 11.5 Å². The zero-order chi connectivity index (χ0) is 31.8. The minimum atomic E-state index is -4.79. The van der Waals surface area contributed by atoms with Gasteiger partial charge >= 0.3 is 6.18 Å². The van der Waals surface area contributed by atoms with Crippen LogP contribution in [0.1, 0.15) is 36.9 Å². The molecule has 4 atom stereocenters. The number of carbonyl (C=O) groups excluding carboxylic acids is 4. The number of Topliss-reactive ketones (excluding diaryl/α,β-unsaturated/α-hetero) is 1. The summed E-state index contributed by atoms with van der Waals surface area (Å²) in [5.74, 6) is -5.86. The first kappa shape index (κ1) is 29.6. The fourth-order valence-electron chi connectivity index (χ4n) is 6.80. The molecule has 228 valence electrons. The van der Waals surface area contributed by atoms with Crippen molar-refractivity contribution in [3.05, 3.63) is 81.1 Å². The number of amides is 2. The zero-order valence-corrected chi connectivity index (χ0v) is 24.4. The number of anilines is 1. The van der Waals surface area contributed by atoms with Crippen molar-refractivity contribution >= 4 is 40.8 Å². The van der Waals surface area contributed by atoms with E-state index in [1.807, 2.05) is 0 Å². The topological polar surface area (TPSA) is 117 Å². The Morgan fingerprint density at radius 1 is 1.09 bits per heavy atom. The smallest absolute Gasteiger partial charge is 0.433 e. The number of hydrazine groups is 1. The minimum absolute atomic E-state index is 0.0168. The number of methoxy groups -OCH3 is 1. The Morgan fingerprint density at radius 3 is 2.50 bits per heavy atom. The molecule has 0 saturated carbocycles. The van der Waals surface area contributed by atoms with Crippen LogP contribution in [0.15, 0.2) is 64.8 Å². The minimum Gasteiger partial charge on any atom is -0.508 e. The predicted molar refractivity (Wildman–Crippen MR) is 150 cm³/mol. The van der Waals surface area contributed by atoms with Gasteiger partial charge in [-0.15, -0.1) is 0 Å². The largest absolute Gasteiger partial charge is 0.508 e. The van der Waals surface area contributed by atoms with Gasteiger partial charge in [-0.05, 0) is 62.1 Å². The Bertz CT molecular complexity index is 1760. The number of carbonyl (C=O) groups is 4. The van der Waals surface area contributed by atoms with E-state index in [2.05, 4.69) is 4.98 Å². The van der Waals surface area contributed by atoms with Gasteiger partial charge in [0.2, 0.25) is 0 Å². The average Bonchev–Trinajstić information content (AvgIpc) is 3.24. The number of alkyl halides is 3. The molecule has 1 aromatic heterocycles. The number of hydrogen-bond acceptors (Lipinski definition) is 8. The third-order valence-corrected chi connectivity index (χ3v) is 9.11. The molecule has 2 heterocycles. The van der Waals surface area contributed by atoms with Crippen molar-refractivity contribution in [2.45, 2.75) is 31.9 Å². The number of aromatic hydroxyl groups is 1. The highest BCUT2D eigenvalue weighted by Gasteiger charge is 2.58. The lowest BCUT2D eigenvalue weighted by Crippen LogP contribution is -2.46. The third-order valence-electron chi connectivity index (χ3n) is 8.81. The number of fused-ring (bicyclic) bond motifs is 3. The third kappa shape index (κ3) is 4.42. The van der Waals surface area contributed by atoms with Crippen molar-refractivity contribution in [2.75, 3.05) is 19.2 Å². The quantitative estimate of drug-likeness (QED) is 0.288. The molecule has 1 aliphatic heterocycles. The van der Waals surface area contributed by atoms with E-state index in [1.165, 1.54) is 33.2 Å². The molecule has 4 aliphatic rings. The highest BCUT2D eigenvalue weighted by molar-refractivity contribution is 6.33. The van der Waals surface area contributed by atoms with Crippen molar-refractivity contribution in [1.29, 1.82) is 0 Å². The molecule has 1 saturated heterocycles. The van der Waals surface area contributed by atoms with Crippen molar-refractivity contribution < 1.29 is 42.2 Å². The van der Waals surface area contributed by atoms with Crippen LogP contribution in [0.4, 0.5) is 19.0 Å². The monoisotopic (exact) mass is 627 g/mol. The van der Waals surface area contributed by atoms with E-state index in [0.29, 0.717) is 23.0 Å². The number of nitrogens with zero attached hydrogens (tertiary/aromatic N) is 3. The van der Waals surface area contributed by atoms with Gasteiger partial charge in [0.25, 0.3) is 11.8 Å². The SMILES string of the molecule is COc1ccc(O)c([C@H]2C3=CC[C@@H]4C(=O)N(N(C)c5nc(C(F)(F)F)ccc5Cl)C(=O)[C@@H]4[C@@H]3CC3=C2C(=O)C(C)=CC3=O)c1. The summed E-state index contributed by atoms with van der Waals surface area (Å²) in [6.07, 6.45) is -1.74. The van der Waals surface area contributed by atoms with E-state index < -0.39 is 59.0 Å². The van der Waals surface area contributed by atoms with Crippen molar-refractivity contribution in [3.63, 3.8) is 0 Å². The van der Waals surface area contributed by atoms with Crippen LogP contribution < -0.4 is 9.75 Å². The van der Waals surface area contributed by atoms with E-state index in [9.17, 15) is 37.5 Å². The van der Waals surface area contributed by atoms with Gasteiger partial charge in [-0.25, -0.2) is 4.98 Å². The maximum Gasteiger partial charge on any atom is 0.433 e. The molecule has 2 amide bonds. The van der Waals surface area contributed by atoms with E-state index in [4.69, 9.17) is 16.3 Å². The highest BCUT2D eigenvalue weighted by Crippen LogP contribution is 2.56. The number of benzene rings is 1. The Balaban J connectivity index is 1.45. The second kappa shape index (κ2) is 10.3. The zero-order valence-electron chi connectivity index (χ0n) is 23.6. The molecule has 3 aliphatic carbocycles. The normalized spacial score (nSPS) is 24.9. The summed E-state index contributed by atoms with van der Waals surface area (Å²) in [6.45, 7) is 1.53. The molecule has 2 aromatic rings. The molecular formula is C31H25ClF3N3O6. The van der Waals surface area contributed by atoms with Gasteiger partial charge < -0.3 is 9.84 Å². The molecule has 1 N–H and O–H groups in total. The molecular weight excluding hydrogens is 603 g/mol. The lowest BCUT2D eigenvalue weighted by atomic mass is 9.59. The summed E-state index contributed by atoms with van der Waals surface area (Å²) in [4.78, 5) is 58.2. The number of pyridine rings is 1. The van der Waals surface area contributed by atoms with Gasteiger partial charge in [-0.1, -0.05) is 23.3 Å². The van der Waals surface area contributed by atoms with Crippen LogP contribution in [0.2, 0.25) is 5.02 Å². The Hall–Kier alpha value is -4.45. The summed E-state index contributed by atoms with van der Waals surface area (Å²) >= 11 is 6.18. The second-order valence-corrected chi connectivity index (χ2v) is 11.6. The molecule has 9 nitrogen and oxygen atoms in total. The average molecular weight is 628 g/mol. The van der Waals surface area contributed by atoms with E-state index in [0.717, 1.165) is 16.1 Å². The van der Waals surface area contributed by atoms with Crippen molar-refractivity contribution in [2.24, 2.45) is 17.8 Å². The predicted octanol–water partition coefficient (Wildman–Crippen LogP) is 4.95. The molecule has 13 heteroatoms. The number of ether oxygens (including phenoxy) is 1. The van der Waals surface area contributed by atoms with E-state index >= 15 is 0 Å². The lowest BCUT2D eigenvalue weighted by Gasteiger charge is -2.42. The fourth-order valence-corrected chi connectivity index (χ4v) is 7.03. The van der Waals surface area contributed by atoms with Crippen LogP contribution in [0, 0.1) is 17.8 Å². The summed E-state index contributed by atoms with van der Waals surface area (Å²) in [5.41, 5.74) is 0.258. The highest BCUT2D eigenvalue weighted by atomic mass is 35.5. The Kier molecular flexibility index (Phi) is 6.95. The first-order valence-electron chi connectivity index (χ1n) is 13.7. The van der Waals surface area contributed by atoms with Gasteiger partial charge in [0.15, 0.2) is 17.4 Å². The van der Waals surface area contributed by atoms with Crippen molar-refractivity contribution in [1.82, 2.24) is 9.99 Å². The number of imide groups is 1. The van der Waals surface area contributed by atoms with E-state index in [-0.39, 0.29) is 46.1 Å². The van der Waals surface area contributed by atoms with Crippen LogP contribution >= 0.6 is 11.6 Å². The van der Waals surface area contributed by atoms with Gasteiger partial charge in [0.05, 0.1) is 24.0 Å². The standard InChI is InChI=1S/C31H25ClF3N3O6/c1-13-10-22(40)19-12-17-15(24(26(19)27(13)41)18-11-14(44-3)4-8-21(18)39)5-6-16-25(17)30(43)38(29(16)42)37(2)28-20(32)7-9-23(36-28)31(33,34)35/h4-5,7-11,16-17,24-25,39H,6,12H2,1-3H3/t16-,17+,24+,25-/m0/s1. The van der Waals surface area contributed by atoms with Crippen LogP contribution in [0.25, 0.3) is 0 Å². The van der Waals surface area contributed by atoms with Crippen LogP contribution in [-0.4, -0.2) is 52.6 Å². The van der Waals surface area contributed by atoms with Crippen LogP contribution in [-0.2, 0) is 25.4 Å². The van der Waals surface area contributed by atoms with Gasteiger partial charge in [-0.3, -0.25) is 24.2 Å². The molecule has 1 fully saturated rings. The number of halogens is 4. The molecule has 44 heavy (non-hydrogen) atoms. The van der Waals surface area contributed by atoms with Crippen LogP contribution in [0.3, 0.4) is 0 Å². The number of phenols is 1. The van der Waals surface area contributed by atoms with Gasteiger partial charge in [-0.2, -0.15) is 18.2 Å². The second-order valence-electron chi connectivity index (χ2n) is 11.2. The Morgan fingerprint density at radius 2 is 1.82 bits per heavy atom. The number of phenolic OH excluding ortho intramolecular Hbond substituents is 1. The summed E-state index contributed by atoms with van der Waals surface area (Å²) in [6, 6.07) is 6.20. The summed E-state index contributed by atoms with van der Waals surface area (Å²) < 4.78 is 45.6. The summed E-state index contributed by atoms with van der Waals surface area (Å²) in [7, 11) is 2.67. The number of ketones is 2. The maximum absolute atomic E-state index is 14.1. The van der Waals surface area contributed by atoms with Gasteiger partial charge in [0.1, 0.15) is 17.2 Å². The maximum atomic E-state index is 14.1. The first-order valence-corrected chi connectivity index (χ1v) is 14.0. The number of rotatable bonds is 4. The number of aromatic nitrogens is 1.